The van der Waals surface area contributed by atoms with Gasteiger partial charge < -0.3 is 19.1 Å². The summed E-state index contributed by atoms with van der Waals surface area (Å²) in [4.78, 5) is 34.6. The molecule has 3 aromatic heterocycles. The van der Waals surface area contributed by atoms with Crippen molar-refractivity contribution in [2.24, 2.45) is 11.8 Å². The number of anilines is 2. The fourth-order valence-corrected chi connectivity index (χ4v) is 7.71. The Morgan fingerprint density at radius 1 is 0.979 bits per heavy atom. The number of benzene rings is 2. The van der Waals surface area contributed by atoms with E-state index in [-0.39, 0.29) is 17.7 Å². The number of aromatic amines is 1. The highest BCUT2D eigenvalue weighted by Crippen LogP contribution is 2.40. The lowest BCUT2D eigenvalue weighted by Crippen LogP contribution is -2.41. The fraction of sp³-hybridized carbons (Fsp3) is 0.457. The first-order valence-corrected chi connectivity index (χ1v) is 17.2. The Balaban J connectivity index is 1.35. The third-order valence-corrected chi connectivity index (χ3v) is 10.2. The smallest absolute Gasteiger partial charge is 0.377 e. The Morgan fingerprint density at radius 3 is 2.55 bits per heavy atom. The van der Waals surface area contributed by atoms with Crippen LogP contribution in [0.2, 0.25) is 5.02 Å². The minimum atomic E-state index is -0.666. The number of rotatable bonds is 7. The van der Waals surface area contributed by atoms with Gasteiger partial charge in [0.1, 0.15) is 11.2 Å². The molecule has 5 aromatic rings. The molecule has 3 aliphatic rings. The summed E-state index contributed by atoms with van der Waals surface area (Å²) in [6.07, 6.45) is 7.07. The zero-order chi connectivity index (χ0) is 31.9. The van der Waals surface area contributed by atoms with E-state index in [0.29, 0.717) is 42.0 Å². The van der Waals surface area contributed by atoms with Crippen LogP contribution >= 0.6 is 11.6 Å². The molecule has 5 heterocycles. The third kappa shape index (κ3) is 6.02. The molecule has 47 heavy (non-hydrogen) atoms. The first kappa shape index (κ1) is 30.1. The highest BCUT2D eigenvalue weighted by Gasteiger charge is 2.32. The van der Waals surface area contributed by atoms with Crippen LogP contribution < -0.4 is 15.6 Å². The van der Waals surface area contributed by atoms with Crippen LogP contribution in [0, 0.1) is 11.8 Å². The van der Waals surface area contributed by atoms with Gasteiger partial charge in [-0.05, 0) is 61.3 Å². The Kier molecular flexibility index (Phi) is 8.18. The van der Waals surface area contributed by atoms with E-state index in [0.717, 1.165) is 74.0 Å². The van der Waals surface area contributed by atoms with Crippen molar-refractivity contribution in [2.45, 2.75) is 58.0 Å². The molecule has 1 saturated carbocycles. The molecule has 12 heteroatoms. The molecule has 0 unspecified atom stereocenters. The monoisotopic (exact) mass is 654 g/mol. The van der Waals surface area contributed by atoms with Gasteiger partial charge in [0.25, 0.3) is 0 Å². The predicted octanol–water partition coefficient (Wildman–Crippen LogP) is 6.49. The van der Waals surface area contributed by atoms with Crippen LogP contribution in [0.1, 0.15) is 57.1 Å². The molecule has 1 atom stereocenters. The summed E-state index contributed by atoms with van der Waals surface area (Å²) in [6.45, 7) is 6.98. The Bertz CT molecular complexity index is 1920. The summed E-state index contributed by atoms with van der Waals surface area (Å²) >= 11 is 6.82. The van der Waals surface area contributed by atoms with E-state index in [4.69, 9.17) is 35.8 Å². The lowest BCUT2D eigenvalue weighted by Gasteiger charge is -2.37. The van der Waals surface area contributed by atoms with Crippen molar-refractivity contribution in [1.29, 1.82) is 0 Å². The molecule has 2 saturated heterocycles. The van der Waals surface area contributed by atoms with Crippen molar-refractivity contribution in [2.75, 3.05) is 42.6 Å². The normalized spacial score (nSPS) is 22.0. The Hall–Kier alpha value is -4.22. The third-order valence-electron chi connectivity index (χ3n) is 10.0. The van der Waals surface area contributed by atoms with Gasteiger partial charge in [0.05, 0.1) is 19.3 Å². The van der Waals surface area contributed by atoms with Crippen LogP contribution in [0.15, 0.2) is 57.8 Å². The fourth-order valence-electron chi connectivity index (χ4n) is 7.48. The largest absolute Gasteiger partial charge is 0.439 e. The molecule has 1 aliphatic carbocycles. The number of aromatic nitrogens is 6. The molecule has 11 nitrogen and oxygen atoms in total. The number of H-pyrrole nitrogens is 1. The minimum absolute atomic E-state index is 0.0115. The van der Waals surface area contributed by atoms with E-state index in [9.17, 15) is 4.79 Å². The predicted molar refractivity (Wildman–Crippen MR) is 182 cm³/mol. The van der Waals surface area contributed by atoms with Gasteiger partial charge >= 0.3 is 5.76 Å². The number of hydrogen-bond acceptors (Lipinski definition) is 9. The van der Waals surface area contributed by atoms with Gasteiger partial charge in [-0.25, -0.2) is 14.8 Å². The highest BCUT2D eigenvalue weighted by molar-refractivity contribution is 6.31. The zero-order valence-corrected chi connectivity index (χ0v) is 27.3. The number of hydrogen-bond donors (Lipinski definition) is 1. The van der Waals surface area contributed by atoms with Crippen molar-refractivity contribution in [1.82, 2.24) is 29.7 Å². The molecular weight excluding hydrogens is 616 g/mol. The average molecular weight is 655 g/mol. The molecule has 0 spiro atoms. The summed E-state index contributed by atoms with van der Waals surface area (Å²) in [6, 6.07) is 16.6. The van der Waals surface area contributed by atoms with Crippen molar-refractivity contribution >= 4 is 34.4 Å². The second kappa shape index (κ2) is 12.8. The van der Waals surface area contributed by atoms with Gasteiger partial charge in [-0.15, -0.1) is 0 Å². The molecule has 3 fully saturated rings. The molecule has 244 valence electrons. The van der Waals surface area contributed by atoms with Gasteiger partial charge in [0.2, 0.25) is 17.6 Å². The van der Waals surface area contributed by atoms with Crippen molar-refractivity contribution in [3.8, 4) is 22.9 Å². The quantitative estimate of drug-likeness (QED) is 0.210. The molecule has 1 N–H and O–H groups in total. The molecular formula is C35H39ClN8O3. The summed E-state index contributed by atoms with van der Waals surface area (Å²) in [7, 11) is 0. The Morgan fingerprint density at radius 2 is 1.79 bits per heavy atom. The maximum Gasteiger partial charge on any atom is 0.439 e. The number of morpholine rings is 1. The number of ether oxygens (including phenoxy) is 1. The molecule has 0 radical (unpaired) electrons. The van der Waals surface area contributed by atoms with E-state index in [1.807, 2.05) is 18.2 Å². The van der Waals surface area contributed by atoms with E-state index in [1.54, 1.807) is 0 Å². The molecule has 2 aliphatic heterocycles. The van der Waals surface area contributed by atoms with Crippen LogP contribution in [-0.2, 0) is 11.3 Å². The minimum Gasteiger partial charge on any atom is -0.377 e. The second-order valence-corrected chi connectivity index (χ2v) is 13.7. The van der Waals surface area contributed by atoms with Crippen molar-refractivity contribution in [3.05, 3.63) is 69.7 Å². The standard InChI is InChI=1S/C35H39ClN8O3/c1-22-9-11-23(12-10-22)20-44-30-29(25-17-26(36)19-27(18-25)42-13-5-6-14-42)37-32(33-40-35(45)47-41-33)38-31(30)39-34(44)43-15-16-46-21-28(43)24-7-3-2-4-8-24/h2-4,7-8,17-19,22-23,28H,5-6,9-16,20-21H2,1H3,(H,40,41,45)/t22-,23-,28-/m0/s1. The number of fused-ring (bicyclic) bond motifs is 1. The van der Waals surface area contributed by atoms with Gasteiger partial charge in [-0.1, -0.05) is 66.9 Å². The maximum absolute atomic E-state index is 12.0. The highest BCUT2D eigenvalue weighted by atomic mass is 35.5. The zero-order valence-electron chi connectivity index (χ0n) is 26.6. The summed E-state index contributed by atoms with van der Waals surface area (Å²) in [5.74, 6) is 1.82. The summed E-state index contributed by atoms with van der Waals surface area (Å²) in [5.41, 5.74) is 5.19. The van der Waals surface area contributed by atoms with E-state index >= 15 is 0 Å². The van der Waals surface area contributed by atoms with Gasteiger partial charge in [-0.3, -0.25) is 9.51 Å². The van der Waals surface area contributed by atoms with E-state index in [2.05, 4.69) is 61.8 Å². The van der Waals surface area contributed by atoms with E-state index in [1.165, 1.54) is 18.4 Å². The van der Waals surface area contributed by atoms with Gasteiger partial charge in [0.15, 0.2) is 5.65 Å². The molecule has 2 aromatic carbocycles. The number of halogens is 1. The van der Waals surface area contributed by atoms with Crippen molar-refractivity contribution < 1.29 is 9.26 Å². The summed E-state index contributed by atoms with van der Waals surface area (Å²) in [5, 5.41) is 4.57. The second-order valence-electron chi connectivity index (χ2n) is 13.2. The lowest BCUT2D eigenvalue weighted by molar-refractivity contribution is 0.0927. The number of nitrogens with one attached hydrogen (secondary N) is 1. The lowest BCUT2D eigenvalue weighted by atomic mass is 9.83. The molecule has 0 bridgehead atoms. The van der Waals surface area contributed by atoms with Crippen LogP contribution in [0.25, 0.3) is 34.1 Å². The van der Waals surface area contributed by atoms with Crippen LogP contribution in [-0.4, -0.2) is 62.5 Å². The average Bonchev–Trinajstić information content (AvgIpc) is 3.87. The van der Waals surface area contributed by atoms with Crippen LogP contribution in [0.4, 0.5) is 11.6 Å². The first-order chi connectivity index (χ1) is 23.0. The van der Waals surface area contributed by atoms with Gasteiger partial charge in [-0.2, -0.15) is 4.98 Å². The van der Waals surface area contributed by atoms with E-state index < -0.39 is 5.76 Å². The number of nitrogens with zero attached hydrogens (tertiary/aromatic N) is 7. The molecule has 0 amide bonds. The van der Waals surface area contributed by atoms with Crippen molar-refractivity contribution in [3.63, 3.8) is 0 Å². The molecule has 8 rings (SSSR count). The van der Waals surface area contributed by atoms with Gasteiger partial charge in [0, 0.05) is 42.5 Å². The SMILES string of the molecule is C[C@H]1CC[C@H](Cn2c(N3CCOC[C@H]3c3ccccc3)nc3nc(-c4noc(=O)[nH]4)nc(-c4cc(Cl)cc(N5CCCC5)c4)c32)CC1. The topological polar surface area (TPSA) is 118 Å². The Labute approximate surface area is 277 Å². The number of imidazole rings is 1. The van der Waals surface area contributed by atoms with Crippen LogP contribution in [0.5, 0.6) is 0 Å². The van der Waals surface area contributed by atoms with Crippen LogP contribution in [0.3, 0.4) is 0 Å². The maximum atomic E-state index is 12.0. The summed E-state index contributed by atoms with van der Waals surface area (Å²) < 4.78 is 13.2. The first-order valence-electron chi connectivity index (χ1n) is 16.8.